The van der Waals surface area contributed by atoms with Crippen LogP contribution < -0.4 is 0 Å². The van der Waals surface area contributed by atoms with E-state index < -0.39 is 0 Å². The van der Waals surface area contributed by atoms with E-state index in [1.165, 1.54) is 5.56 Å². The van der Waals surface area contributed by atoms with Crippen LogP contribution in [0.25, 0.3) is 0 Å². The van der Waals surface area contributed by atoms with Crippen LogP contribution in [0.2, 0.25) is 0 Å². The first-order chi connectivity index (χ1) is 6.09. The monoisotopic (exact) mass is 240 g/mol. The van der Waals surface area contributed by atoms with E-state index in [0.717, 1.165) is 10.3 Å². The molecule has 0 aliphatic heterocycles. The van der Waals surface area contributed by atoms with Crippen LogP contribution in [-0.4, -0.2) is 20.6 Å². The van der Waals surface area contributed by atoms with Crippen molar-refractivity contribution in [1.29, 1.82) is 0 Å². The van der Waals surface area contributed by atoms with Gasteiger partial charge in [0.25, 0.3) is 0 Å². The van der Waals surface area contributed by atoms with E-state index in [9.17, 15) is 0 Å². The Hall–Kier alpha value is -0.591. The molecule has 0 atom stereocenters. The molecule has 0 bridgehead atoms. The molecule has 0 saturated carbocycles. The second kappa shape index (κ2) is 4.59. The molecule has 0 saturated heterocycles. The zero-order chi connectivity index (χ0) is 9.84. The minimum absolute atomic E-state index is 0.473. The zero-order valence-corrected chi connectivity index (χ0v) is 9.96. The molecule has 1 aromatic carbocycles. The van der Waals surface area contributed by atoms with Crippen molar-refractivity contribution in [2.45, 2.75) is 20.8 Å². The predicted molar refractivity (Wildman–Crippen MR) is 58.9 cm³/mol. The average molecular weight is 239 g/mol. The first-order valence-electron chi connectivity index (χ1n) is 4.42. The van der Waals surface area contributed by atoms with Crippen molar-refractivity contribution in [3.63, 3.8) is 0 Å². The Morgan fingerprint density at radius 3 is 2.23 bits per heavy atom. The molecule has 0 unspecified atom stereocenters. The molecule has 0 spiro atoms. The molecule has 0 amide bonds. The van der Waals surface area contributed by atoms with Crippen LogP contribution in [-0.2, 0) is 0 Å². The summed E-state index contributed by atoms with van der Waals surface area (Å²) in [6, 6.07) is 8.23. The third-order valence-corrected chi connectivity index (χ3v) is 2.95. The number of nitrogens with zero attached hydrogens (tertiary/aromatic N) is 1. The number of aliphatic imine (C=N–C) groups is 1. The summed E-state index contributed by atoms with van der Waals surface area (Å²) in [7, 11) is 0. The quantitative estimate of drug-likeness (QED) is 0.556. The van der Waals surface area contributed by atoms with Crippen LogP contribution in [0.1, 0.15) is 19.4 Å². The van der Waals surface area contributed by atoms with Gasteiger partial charge in [0.1, 0.15) is 0 Å². The second-order valence-electron chi connectivity index (χ2n) is 3.44. The van der Waals surface area contributed by atoms with Gasteiger partial charge < -0.3 is 0 Å². The van der Waals surface area contributed by atoms with E-state index in [2.05, 4.69) is 53.9 Å². The van der Waals surface area contributed by atoms with Gasteiger partial charge in [0.05, 0.1) is 0 Å². The molecule has 0 N–H and O–H groups in total. The molecule has 1 radical (unpaired) electrons. The Morgan fingerprint density at radius 1 is 1.23 bits per heavy atom. The van der Waals surface area contributed by atoms with E-state index in [-0.39, 0.29) is 0 Å². The summed E-state index contributed by atoms with van der Waals surface area (Å²) in [4.78, 5) is 4.46. The Bertz CT molecular complexity index is 298. The summed E-state index contributed by atoms with van der Waals surface area (Å²) in [6.45, 7) is 6.34. The maximum absolute atomic E-state index is 4.46. The van der Waals surface area contributed by atoms with Crippen molar-refractivity contribution in [3.05, 3.63) is 29.8 Å². The Morgan fingerprint density at radius 2 is 1.77 bits per heavy atom. The van der Waals surface area contributed by atoms with Gasteiger partial charge in [-0.2, -0.15) is 0 Å². The minimum atomic E-state index is 0.473. The van der Waals surface area contributed by atoms with Crippen molar-refractivity contribution in [2.75, 3.05) is 0 Å². The van der Waals surface area contributed by atoms with Crippen LogP contribution in [0.3, 0.4) is 0 Å². The van der Waals surface area contributed by atoms with Crippen LogP contribution in [0, 0.1) is 12.8 Å². The van der Waals surface area contributed by atoms with Gasteiger partial charge in [-0.1, -0.05) is 0 Å². The van der Waals surface area contributed by atoms with E-state index in [1.807, 2.05) is 12.1 Å². The van der Waals surface area contributed by atoms with Gasteiger partial charge in [-0.3, -0.25) is 0 Å². The fraction of sp³-hybridized carbons (Fsp3) is 0.364. The van der Waals surface area contributed by atoms with Gasteiger partial charge >= 0.3 is 87.8 Å². The van der Waals surface area contributed by atoms with Crippen LogP contribution in [0.5, 0.6) is 0 Å². The van der Waals surface area contributed by atoms with Gasteiger partial charge in [0.15, 0.2) is 0 Å². The van der Waals surface area contributed by atoms with Gasteiger partial charge in [-0.05, 0) is 0 Å². The SMILES string of the molecule is Cc1ccc(N=C([Se])C(C)C)cc1. The summed E-state index contributed by atoms with van der Waals surface area (Å²) in [6.07, 6.45) is 0. The molecule has 1 nitrogen and oxygen atoms in total. The van der Waals surface area contributed by atoms with Crippen molar-refractivity contribution < 1.29 is 0 Å². The fourth-order valence-electron chi connectivity index (χ4n) is 0.876. The molecule has 13 heavy (non-hydrogen) atoms. The van der Waals surface area contributed by atoms with Crippen molar-refractivity contribution >= 4 is 26.3 Å². The molecule has 0 aliphatic rings. The molecule has 2 heteroatoms. The number of benzene rings is 1. The first-order valence-corrected chi connectivity index (χ1v) is 5.27. The number of rotatable bonds is 2. The molecule has 1 aromatic rings. The topological polar surface area (TPSA) is 12.4 Å². The molecule has 0 heterocycles. The average Bonchev–Trinajstić information content (AvgIpc) is 2.08. The van der Waals surface area contributed by atoms with Crippen LogP contribution >= 0.6 is 0 Å². The number of hydrogen-bond acceptors (Lipinski definition) is 1. The predicted octanol–water partition coefficient (Wildman–Crippen LogP) is 2.85. The van der Waals surface area contributed by atoms with E-state index >= 15 is 0 Å². The standard InChI is InChI=1S/C11H14NSe/c1-8(2)11(13)12-10-6-4-9(3)5-7-10/h4-8H,1-3H3. The van der Waals surface area contributed by atoms with Gasteiger partial charge in [-0.15, -0.1) is 0 Å². The molecule has 0 aromatic heterocycles. The summed E-state index contributed by atoms with van der Waals surface area (Å²) in [5.41, 5.74) is 2.29. The molecule has 69 valence electrons. The van der Waals surface area contributed by atoms with Crippen LogP contribution in [0.15, 0.2) is 29.3 Å². The molecule has 0 fully saturated rings. The van der Waals surface area contributed by atoms with Gasteiger partial charge in [-0.25, -0.2) is 0 Å². The third kappa shape index (κ3) is 3.33. The zero-order valence-electron chi connectivity index (χ0n) is 8.24. The van der Waals surface area contributed by atoms with Crippen molar-refractivity contribution in [1.82, 2.24) is 0 Å². The number of aryl methyl sites for hydroxylation is 1. The Labute approximate surface area is 88.1 Å². The molecule has 0 aliphatic carbocycles. The number of hydrogen-bond donors (Lipinski definition) is 0. The Balaban J connectivity index is 2.85. The molecular formula is C11H14NSe. The normalized spacial score (nSPS) is 12.2. The van der Waals surface area contributed by atoms with E-state index in [1.54, 1.807) is 0 Å². The summed E-state index contributed by atoms with van der Waals surface area (Å²) >= 11 is 2.99. The van der Waals surface area contributed by atoms with E-state index in [0.29, 0.717) is 5.92 Å². The summed E-state index contributed by atoms with van der Waals surface area (Å²) in [5.74, 6) is 0.473. The van der Waals surface area contributed by atoms with Crippen molar-refractivity contribution in [2.24, 2.45) is 10.9 Å². The van der Waals surface area contributed by atoms with E-state index in [4.69, 9.17) is 0 Å². The first kappa shape index (κ1) is 10.5. The third-order valence-electron chi connectivity index (χ3n) is 1.77. The molecule has 1 rings (SSSR count). The maximum atomic E-state index is 4.46. The second-order valence-corrected chi connectivity index (χ2v) is 4.32. The van der Waals surface area contributed by atoms with Gasteiger partial charge in [0, 0.05) is 0 Å². The van der Waals surface area contributed by atoms with Gasteiger partial charge in [0.2, 0.25) is 0 Å². The Kier molecular flexibility index (Phi) is 3.70. The molecular weight excluding hydrogens is 225 g/mol. The summed E-state index contributed by atoms with van der Waals surface area (Å²) < 4.78 is 1.06. The van der Waals surface area contributed by atoms with Crippen molar-refractivity contribution in [3.8, 4) is 0 Å². The fourth-order valence-corrected chi connectivity index (χ4v) is 1.10. The summed E-state index contributed by atoms with van der Waals surface area (Å²) in [5, 5.41) is 0. The van der Waals surface area contributed by atoms with Crippen LogP contribution in [0.4, 0.5) is 5.69 Å².